The molecule has 1 aromatic heterocycles. The van der Waals surface area contributed by atoms with Crippen LogP contribution in [0.25, 0.3) is 0 Å². The number of rotatable bonds is 7. The van der Waals surface area contributed by atoms with E-state index in [-0.39, 0.29) is 17.7 Å². The van der Waals surface area contributed by atoms with Gasteiger partial charge < -0.3 is 15.4 Å². The maximum atomic E-state index is 13.6. The second kappa shape index (κ2) is 9.61. The topological polar surface area (TPSA) is 58.5 Å². The number of guanidine groups is 1. The minimum Gasteiger partial charge on any atom is -0.486 e. The summed E-state index contributed by atoms with van der Waals surface area (Å²) >= 11 is 0. The zero-order chi connectivity index (χ0) is 18.1. The Balaban J connectivity index is 1.72. The summed E-state index contributed by atoms with van der Waals surface area (Å²) in [4.78, 5) is 8.46. The van der Waals surface area contributed by atoms with Gasteiger partial charge >= 0.3 is 0 Å². The number of hydrogen-bond acceptors (Lipinski definition) is 3. The highest BCUT2D eigenvalue weighted by Crippen LogP contribution is 2.16. The molecule has 0 aliphatic rings. The molecular formula is C19H25FN4O. The van der Waals surface area contributed by atoms with E-state index in [4.69, 9.17) is 4.74 Å². The SMILES string of the molecule is CN=C(NCCc1ccc(C)nc1)NCC(C)Oc1ccccc1F. The molecule has 2 rings (SSSR count). The fourth-order valence-corrected chi connectivity index (χ4v) is 2.23. The van der Waals surface area contributed by atoms with Gasteiger partial charge in [0.2, 0.25) is 0 Å². The van der Waals surface area contributed by atoms with Crippen molar-refractivity contribution in [1.29, 1.82) is 0 Å². The van der Waals surface area contributed by atoms with Gasteiger partial charge in [0.1, 0.15) is 6.10 Å². The number of pyridine rings is 1. The lowest BCUT2D eigenvalue weighted by molar-refractivity contribution is 0.214. The average molecular weight is 344 g/mol. The predicted octanol–water partition coefficient (Wildman–Crippen LogP) is 2.70. The third-order valence-electron chi connectivity index (χ3n) is 3.62. The van der Waals surface area contributed by atoms with Crippen LogP contribution in [0.4, 0.5) is 4.39 Å². The minimum absolute atomic E-state index is 0.197. The Labute approximate surface area is 148 Å². The fraction of sp³-hybridized carbons (Fsp3) is 0.368. The lowest BCUT2D eigenvalue weighted by atomic mass is 10.2. The second-order valence-electron chi connectivity index (χ2n) is 5.80. The van der Waals surface area contributed by atoms with E-state index in [0.29, 0.717) is 12.5 Å². The highest BCUT2D eigenvalue weighted by atomic mass is 19.1. The summed E-state index contributed by atoms with van der Waals surface area (Å²) in [5.41, 5.74) is 2.18. The second-order valence-corrected chi connectivity index (χ2v) is 5.80. The number of benzene rings is 1. The Kier molecular flexibility index (Phi) is 7.19. The number of para-hydroxylation sites is 1. The first-order chi connectivity index (χ1) is 12.1. The molecule has 0 saturated heterocycles. The smallest absolute Gasteiger partial charge is 0.191 e. The van der Waals surface area contributed by atoms with Crippen molar-refractivity contribution in [3.63, 3.8) is 0 Å². The van der Waals surface area contributed by atoms with Gasteiger partial charge in [-0.3, -0.25) is 9.98 Å². The summed E-state index contributed by atoms with van der Waals surface area (Å²) in [6.07, 6.45) is 2.55. The van der Waals surface area contributed by atoms with Gasteiger partial charge in [0.05, 0.1) is 6.54 Å². The van der Waals surface area contributed by atoms with Crippen molar-refractivity contribution in [2.24, 2.45) is 4.99 Å². The van der Waals surface area contributed by atoms with Crippen molar-refractivity contribution in [2.75, 3.05) is 20.1 Å². The van der Waals surface area contributed by atoms with E-state index in [9.17, 15) is 4.39 Å². The van der Waals surface area contributed by atoms with Gasteiger partial charge in [0.15, 0.2) is 17.5 Å². The maximum absolute atomic E-state index is 13.6. The van der Waals surface area contributed by atoms with Gasteiger partial charge in [-0.05, 0) is 44.0 Å². The minimum atomic E-state index is -0.358. The van der Waals surface area contributed by atoms with Gasteiger partial charge in [0, 0.05) is 25.5 Å². The van der Waals surface area contributed by atoms with Crippen molar-refractivity contribution in [1.82, 2.24) is 15.6 Å². The van der Waals surface area contributed by atoms with Crippen LogP contribution in [-0.2, 0) is 6.42 Å². The van der Waals surface area contributed by atoms with Crippen LogP contribution in [0.3, 0.4) is 0 Å². The molecule has 1 unspecified atom stereocenters. The quantitative estimate of drug-likeness (QED) is 0.599. The molecule has 0 aliphatic carbocycles. The maximum Gasteiger partial charge on any atom is 0.191 e. The molecule has 0 spiro atoms. The summed E-state index contributed by atoms with van der Waals surface area (Å²) in [7, 11) is 1.71. The van der Waals surface area contributed by atoms with Crippen molar-refractivity contribution in [2.45, 2.75) is 26.4 Å². The molecule has 2 N–H and O–H groups in total. The Morgan fingerprint density at radius 1 is 1.24 bits per heavy atom. The first-order valence-corrected chi connectivity index (χ1v) is 8.35. The average Bonchev–Trinajstić information content (AvgIpc) is 2.61. The number of ether oxygens (including phenoxy) is 1. The van der Waals surface area contributed by atoms with Crippen molar-refractivity contribution in [3.05, 3.63) is 59.7 Å². The summed E-state index contributed by atoms with van der Waals surface area (Å²) in [5, 5.41) is 6.42. The van der Waals surface area contributed by atoms with Crippen LogP contribution in [-0.4, -0.2) is 37.2 Å². The van der Waals surface area contributed by atoms with Gasteiger partial charge in [-0.1, -0.05) is 18.2 Å². The summed E-state index contributed by atoms with van der Waals surface area (Å²) in [5.74, 6) is 0.583. The van der Waals surface area contributed by atoms with Crippen molar-refractivity contribution < 1.29 is 9.13 Å². The normalized spacial score (nSPS) is 12.6. The largest absolute Gasteiger partial charge is 0.486 e. The lowest BCUT2D eigenvalue weighted by Gasteiger charge is -2.18. The first-order valence-electron chi connectivity index (χ1n) is 8.35. The van der Waals surface area contributed by atoms with Crippen LogP contribution >= 0.6 is 0 Å². The van der Waals surface area contributed by atoms with Crippen LogP contribution in [0, 0.1) is 12.7 Å². The summed E-state index contributed by atoms with van der Waals surface area (Å²) < 4.78 is 19.2. The molecular weight excluding hydrogens is 319 g/mol. The molecule has 5 nitrogen and oxygen atoms in total. The zero-order valence-electron chi connectivity index (χ0n) is 14.9. The Morgan fingerprint density at radius 2 is 2.04 bits per heavy atom. The first kappa shape index (κ1) is 18.7. The standard InChI is InChI=1S/C19H25FN4O/c1-14-8-9-16(13-23-14)10-11-22-19(21-3)24-12-15(2)25-18-7-5-4-6-17(18)20/h4-9,13,15H,10-12H2,1-3H3,(H2,21,22,24). The van der Waals surface area contributed by atoms with Gasteiger partial charge in [-0.2, -0.15) is 0 Å². The fourth-order valence-electron chi connectivity index (χ4n) is 2.23. The molecule has 0 bridgehead atoms. The predicted molar refractivity (Wildman–Crippen MR) is 98.5 cm³/mol. The number of halogens is 1. The Hall–Kier alpha value is -2.63. The van der Waals surface area contributed by atoms with Crippen molar-refractivity contribution >= 4 is 5.96 Å². The molecule has 0 radical (unpaired) electrons. The van der Waals surface area contributed by atoms with Gasteiger partial charge in [-0.15, -0.1) is 0 Å². The van der Waals surface area contributed by atoms with Crippen LogP contribution in [0.5, 0.6) is 5.75 Å². The summed E-state index contributed by atoms with van der Waals surface area (Å²) in [6, 6.07) is 10.5. The third kappa shape index (κ3) is 6.41. The number of hydrogen-bond donors (Lipinski definition) is 2. The van der Waals surface area contributed by atoms with E-state index in [1.165, 1.54) is 11.6 Å². The van der Waals surface area contributed by atoms with Crippen molar-refractivity contribution in [3.8, 4) is 5.75 Å². The van der Waals surface area contributed by atoms with Crippen LogP contribution < -0.4 is 15.4 Å². The number of aryl methyl sites for hydroxylation is 1. The Bertz CT molecular complexity index is 688. The lowest BCUT2D eigenvalue weighted by Crippen LogP contribution is -2.42. The molecule has 1 aromatic carbocycles. The zero-order valence-corrected chi connectivity index (χ0v) is 14.9. The van der Waals surface area contributed by atoms with E-state index in [1.54, 1.807) is 25.2 Å². The number of aliphatic imine (C=N–C) groups is 1. The monoisotopic (exact) mass is 344 g/mol. The van der Waals surface area contributed by atoms with E-state index < -0.39 is 0 Å². The molecule has 6 heteroatoms. The molecule has 1 heterocycles. The number of nitrogens with one attached hydrogen (secondary N) is 2. The van der Waals surface area contributed by atoms with Gasteiger partial charge in [-0.25, -0.2) is 4.39 Å². The van der Waals surface area contributed by atoms with Crippen LogP contribution in [0.2, 0.25) is 0 Å². The molecule has 0 saturated carbocycles. The number of aromatic nitrogens is 1. The molecule has 0 aliphatic heterocycles. The van der Waals surface area contributed by atoms with Crippen LogP contribution in [0.15, 0.2) is 47.6 Å². The molecule has 134 valence electrons. The summed E-state index contributed by atoms with van der Waals surface area (Å²) in [6.45, 7) is 5.11. The number of nitrogens with zero attached hydrogens (tertiary/aromatic N) is 2. The van der Waals surface area contributed by atoms with Gasteiger partial charge in [0.25, 0.3) is 0 Å². The third-order valence-corrected chi connectivity index (χ3v) is 3.62. The Morgan fingerprint density at radius 3 is 2.72 bits per heavy atom. The van der Waals surface area contributed by atoms with Crippen LogP contribution in [0.1, 0.15) is 18.2 Å². The molecule has 25 heavy (non-hydrogen) atoms. The molecule has 1 atom stereocenters. The van der Waals surface area contributed by atoms with E-state index in [0.717, 1.165) is 18.7 Å². The van der Waals surface area contributed by atoms with E-state index in [1.807, 2.05) is 26.1 Å². The highest BCUT2D eigenvalue weighted by Gasteiger charge is 2.08. The molecule has 2 aromatic rings. The highest BCUT2D eigenvalue weighted by molar-refractivity contribution is 5.79. The molecule has 0 amide bonds. The van der Waals surface area contributed by atoms with E-state index >= 15 is 0 Å². The van der Waals surface area contributed by atoms with E-state index in [2.05, 4.69) is 26.7 Å². The molecule has 0 fully saturated rings.